The highest BCUT2D eigenvalue weighted by Gasteiger charge is 2.30. The van der Waals surface area contributed by atoms with E-state index >= 15 is 0 Å². The minimum atomic E-state index is -1.04. The quantitative estimate of drug-likeness (QED) is 0.364. The van der Waals surface area contributed by atoms with Crippen LogP contribution in [0.5, 0.6) is 17.4 Å². The van der Waals surface area contributed by atoms with Crippen LogP contribution in [0.25, 0.3) is 0 Å². The van der Waals surface area contributed by atoms with Crippen LogP contribution in [0.2, 0.25) is 5.02 Å². The summed E-state index contributed by atoms with van der Waals surface area (Å²) in [4.78, 5) is 18.4. The normalized spacial score (nSPS) is 13.1. The highest BCUT2D eigenvalue weighted by molar-refractivity contribution is 6.30. The summed E-state index contributed by atoms with van der Waals surface area (Å²) in [5, 5.41) is 31.4. The second-order valence-corrected chi connectivity index (χ2v) is 9.75. The smallest absolute Gasteiger partial charge is 0.410 e. The molecule has 0 saturated heterocycles. The Morgan fingerprint density at radius 1 is 1.11 bits per heavy atom. The van der Waals surface area contributed by atoms with Crippen LogP contribution >= 0.6 is 11.6 Å². The molecule has 0 fully saturated rings. The van der Waals surface area contributed by atoms with Crippen LogP contribution < -0.4 is 4.74 Å². The summed E-state index contributed by atoms with van der Waals surface area (Å²) in [6.45, 7) is 4.82. The van der Waals surface area contributed by atoms with E-state index < -0.39 is 23.8 Å². The van der Waals surface area contributed by atoms with E-state index in [2.05, 4.69) is 4.98 Å². The Morgan fingerprint density at radius 2 is 1.83 bits per heavy atom. The molecule has 2 aromatic carbocycles. The lowest BCUT2D eigenvalue weighted by atomic mass is 10.0. The maximum absolute atomic E-state index is 13.1. The summed E-state index contributed by atoms with van der Waals surface area (Å²) in [6, 6.07) is 16.2. The first-order chi connectivity index (χ1) is 17.1. The molecule has 3 rings (SSSR count). The number of pyridine rings is 1. The Kier molecular flexibility index (Phi) is 9.14. The topological polar surface area (TPSA) is 112 Å². The van der Waals surface area contributed by atoms with E-state index in [0.717, 1.165) is 5.56 Å². The molecule has 0 unspecified atom stereocenters. The molecule has 0 aliphatic heterocycles. The van der Waals surface area contributed by atoms with Crippen LogP contribution in [0.3, 0.4) is 0 Å². The van der Waals surface area contributed by atoms with Crippen LogP contribution in [0, 0.1) is 0 Å². The van der Waals surface area contributed by atoms with Gasteiger partial charge >= 0.3 is 6.09 Å². The summed E-state index contributed by atoms with van der Waals surface area (Å²) < 4.78 is 11.2. The highest BCUT2D eigenvalue weighted by atomic mass is 35.5. The average molecular weight is 515 g/mol. The second-order valence-electron chi connectivity index (χ2n) is 9.32. The minimum absolute atomic E-state index is 0.0758. The van der Waals surface area contributed by atoms with E-state index in [-0.39, 0.29) is 24.8 Å². The third-order valence-corrected chi connectivity index (χ3v) is 5.48. The molecule has 1 amide bonds. The van der Waals surface area contributed by atoms with Crippen molar-refractivity contribution in [2.75, 3.05) is 13.2 Å². The lowest BCUT2D eigenvalue weighted by Gasteiger charge is -2.34. The molecule has 192 valence electrons. The van der Waals surface area contributed by atoms with E-state index in [9.17, 15) is 20.1 Å². The van der Waals surface area contributed by atoms with Gasteiger partial charge in [0.1, 0.15) is 11.4 Å². The molecule has 3 aromatic rings. The highest BCUT2D eigenvalue weighted by Crippen LogP contribution is 2.28. The molecule has 0 radical (unpaired) electrons. The van der Waals surface area contributed by atoms with Gasteiger partial charge in [-0.15, -0.1) is 0 Å². The molecule has 36 heavy (non-hydrogen) atoms. The molecule has 1 aromatic heterocycles. The molecular weight excluding hydrogens is 484 g/mol. The van der Waals surface area contributed by atoms with Crippen molar-refractivity contribution in [1.29, 1.82) is 0 Å². The molecule has 8 nitrogen and oxygen atoms in total. The van der Waals surface area contributed by atoms with Crippen LogP contribution in [0.1, 0.15) is 38.0 Å². The molecular formula is C27H31ClN2O6. The Balaban J connectivity index is 1.78. The molecule has 0 spiro atoms. The number of halogens is 1. The Bertz CT molecular complexity index is 1150. The number of ether oxygens (including phenoxy) is 2. The number of hydrogen-bond donors (Lipinski definition) is 3. The number of nitrogens with zero attached hydrogens (tertiary/aromatic N) is 2. The van der Waals surface area contributed by atoms with E-state index in [1.54, 1.807) is 75.4 Å². The summed E-state index contributed by atoms with van der Waals surface area (Å²) in [5.74, 6) is 0.478. The SMILES string of the molecule is CC(C)(C)OC(=O)N(C[C@H](O)c1cccc(Cl)c1)[C@H](CO)Cc1ccc(Oc2ncccc2O)cc1. The van der Waals surface area contributed by atoms with Crippen molar-refractivity contribution < 1.29 is 29.6 Å². The second kappa shape index (κ2) is 12.1. The zero-order chi connectivity index (χ0) is 26.3. The van der Waals surface area contributed by atoms with Gasteiger partial charge in [-0.05, 0) is 74.7 Å². The van der Waals surface area contributed by atoms with Gasteiger partial charge < -0.3 is 24.8 Å². The van der Waals surface area contributed by atoms with Gasteiger partial charge in [-0.25, -0.2) is 9.78 Å². The number of carbonyl (C=O) groups is 1. The van der Waals surface area contributed by atoms with Crippen molar-refractivity contribution in [3.63, 3.8) is 0 Å². The number of amides is 1. The molecule has 0 bridgehead atoms. The lowest BCUT2D eigenvalue weighted by Crippen LogP contribution is -2.48. The first-order valence-electron chi connectivity index (χ1n) is 11.5. The van der Waals surface area contributed by atoms with Gasteiger partial charge in [0.2, 0.25) is 0 Å². The van der Waals surface area contributed by atoms with E-state index in [4.69, 9.17) is 21.1 Å². The van der Waals surface area contributed by atoms with E-state index in [1.165, 1.54) is 17.2 Å². The fourth-order valence-corrected chi connectivity index (χ4v) is 3.71. The first kappa shape index (κ1) is 27.3. The van der Waals surface area contributed by atoms with Gasteiger partial charge in [0.15, 0.2) is 5.75 Å². The number of rotatable bonds is 9. The minimum Gasteiger partial charge on any atom is -0.503 e. The van der Waals surface area contributed by atoms with Gasteiger partial charge in [0.05, 0.1) is 25.3 Å². The molecule has 9 heteroatoms. The van der Waals surface area contributed by atoms with Crippen molar-refractivity contribution in [3.8, 4) is 17.4 Å². The predicted molar refractivity (Wildman–Crippen MR) is 136 cm³/mol. The van der Waals surface area contributed by atoms with Crippen LogP contribution in [0.4, 0.5) is 4.79 Å². The number of aromatic nitrogens is 1. The molecule has 0 saturated carbocycles. The van der Waals surface area contributed by atoms with Crippen molar-refractivity contribution in [3.05, 3.63) is 83.0 Å². The van der Waals surface area contributed by atoms with E-state index in [0.29, 0.717) is 22.8 Å². The summed E-state index contributed by atoms with van der Waals surface area (Å²) in [7, 11) is 0. The Hall–Kier alpha value is -3.33. The number of aromatic hydroxyl groups is 1. The maximum Gasteiger partial charge on any atom is 0.410 e. The van der Waals surface area contributed by atoms with Gasteiger partial charge in [0, 0.05) is 11.2 Å². The zero-order valence-electron chi connectivity index (χ0n) is 20.5. The third kappa shape index (κ3) is 7.84. The van der Waals surface area contributed by atoms with Crippen molar-refractivity contribution in [1.82, 2.24) is 9.88 Å². The molecule has 2 atom stereocenters. The van der Waals surface area contributed by atoms with Gasteiger partial charge in [-0.3, -0.25) is 4.90 Å². The van der Waals surface area contributed by atoms with Gasteiger partial charge in [-0.1, -0.05) is 35.9 Å². The molecule has 3 N–H and O–H groups in total. The number of benzene rings is 2. The summed E-state index contributed by atoms with van der Waals surface area (Å²) >= 11 is 6.06. The van der Waals surface area contributed by atoms with E-state index in [1.807, 2.05) is 0 Å². The average Bonchev–Trinajstić information content (AvgIpc) is 2.82. The zero-order valence-corrected chi connectivity index (χ0v) is 21.2. The maximum atomic E-state index is 13.1. The predicted octanol–water partition coefficient (Wildman–Crippen LogP) is 5.11. The summed E-state index contributed by atoms with van der Waals surface area (Å²) in [5.41, 5.74) is 0.608. The fourth-order valence-electron chi connectivity index (χ4n) is 3.51. The molecule has 0 aliphatic rings. The lowest BCUT2D eigenvalue weighted by molar-refractivity contribution is -0.00373. The number of aliphatic hydroxyl groups excluding tert-OH is 2. The van der Waals surface area contributed by atoms with Crippen molar-refractivity contribution >= 4 is 17.7 Å². The van der Waals surface area contributed by atoms with Gasteiger partial charge in [-0.2, -0.15) is 0 Å². The van der Waals surface area contributed by atoms with Crippen molar-refractivity contribution in [2.45, 2.75) is 44.9 Å². The first-order valence-corrected chi connectivity index (χ1v) is 11.9. The number of aliphatic hydroxyl groups is 2. The van der Waals surface area contributed by atoms with Crippen molar-refractivity contribution in [2.24, 2.45) is 0 Å². The number of hydrogen-bond acceptors (Lipinski definition) is 7. The fraction of sp³-hybridized carbons (Fsp3) is 0.333. The van der Waals surface area contributed by atoms with Gasteiger partial charge in [0.25, 0.3) is 5.88 Å². The van der Waals surface area contributed by atoms with Crippen LogP contribution in [0.15, 0.2) is 66.9 Å². The third-order valence-electron chi connectivity index (χ3n) is 5.24. The number of carbonyl (C=O) groups excluding carboxylic acids is 1. The largest absolute Gasteiger partial charge is 0.503 e. The Morgan fingerprint density at radius 3 is 2.44 bits per heavy atom. The molecule has 0 aliphatic carbocycles. The molecule has 1 heterocycles. The van der Waals surface area contributed by atoms with Crippen LogP contribution in [-0.2, 0) is 11.2 Å². The summed E-state index contributed by atoms with van der Waals surface area (Å²) in [6.07, 6.45) is 0.131. The Labute approximate surface area is 215 Å². The monoisotopic (exact) mass is 514 g/mol. The standard InChI is InChI=1S/C27H31ClN2O6/c1-27(2,3)36-26(34)30(16-24(33)19-6-4-7-20(28)15-19)21(17-31)14-18-9-11-22(12-10-18)35-25-23(32)8-5-13-29-25/h4-13,15,21,24,31-33H,14,16-17H2,1-3H3/t21-,24-/m0/s1. The van der Waals surface area contributed by atoms with Crippen LogP contribution in [-0.4, -0.2) is 56.1 Å².